The first-order chi connectivity index (χ1) is 5.65. The van der Waals surface area contributed by atoms with Crippen molar-refractivity contribution in [1.29, 1.82) is 0 Å². The number of nitrogens with zero attached hydrogens (tertiary/aromatic N) is 2. The molecule has 2 atom stereocenters. The SMILES string of the molecule is CCC(C)c1noc([C@H](C)O)n1. The van der Waals surface area contributed by atoms with E-state index in [2.05, 4.69) is 17.1 Å². The van der Waals surface area contributed by atoms with Gasteiger partial charge in [0.2, 0.25) is 0 Å². The van der Waals surface area contributed by atoms with Gasteiger partial charge in [-0.3, -0.25) is 0 Å². The molecule has 0 aromatic carbocycles. The highest BCUT2D eigenvalue weighted by Crippen LogP contribution is 2.17. The molecule has 1 N–H and O–H groups in total. The van der Waals surface area contributed by atoms with Gasteiger partial charge < -0.3 is 9.63 Å². The van der Waals surface area contributed by atoms with Crippen molar-refractivity contribution in [2.45, 2.75) is 39.2 Å². The van der Waals surface area contributed by atoms with Crippen molar-refractivity contribution in [2.75, 3.05) is 0 Å². The van der Waals surface area contributed by atoms with Crippen LogP contribution >= 0.6 is 0 Å². The standard InChI is InChI=1S/C8H14N2O2/c1-4-5(2)7-9-8(6(3)11)12-10-7/h5-6,11H,4H2,1-3H3/t5?,6-/m0/s1. The van der Waals surface area contributed by atoms with E-state index >= 15 is 0 Å². The summed E-state index contributed by atoms with van der Waals surface area (Å²) < 4.78 is 4.84. The highest BCUT2D eigenvalue weighted by molar-refractivity contribution is 4.94. The first-order valence-electron chi connectivity index (χ1n) is 4.16. The Balaban J connectivity index is 2.77. The molecule has 0 saturated heterocycles. The highest BCUT2D eigenvalue weighted by atomic mass is 16.5. The Labute approximate surface area is 71.6 Å². The molecule has 0 radical (unpaired) electrons. The van der Waals surface area contributed by atoms with Gasteiger partial charge in [-0.05, 0) is 13.3 Å². The van der Waals surface area contributed by atoms with Crippen molar-refractivity contribution in [3.63, 3.8) is 0 Å². The van der Waals surface area contributed by atoms with Crippen molar-refractivity contribution >= 4 is 0 Å². The van der Waals surface area contributed by atoms with Gasteiger partial charge >= 0.3 is 0 Å². The summed E-state index contributed by atoms with van der Waals surface area (Å²) >= 11 is 0. The molecule has 4 heteroatoms. The molecule has 0 bridgehead atoms. The van der Waals surface area contributed by atoms with Gasteiger partial charge in [0.15, 0.2) is 5.82 Å². The molecule has 68 valence electrons. The Hall–Kier alpha value is -0.900. The molecule has 0 amide bonds. The summed E-state index contributed by atoms with van der Waals surface area (Å²) in [5, 5.41) is 12.9. The van der Waals surface area contributed by atoms with Crippen LogP contribution in [0.4, 0.5) is 0 Å². The maximum absolute atomic E-state index is 9.10. The van der Waals surface area contributed by atoms with Crippen LogP contribution in [0.5, 0.6) is 0 Å². The molecule has 1 aromatic heterocycles. The zero-order chi connectivity index (χ0) is 9.14. The van der Waals surface area contributed by atoms with Crippen LogP contribution in [0.1, 0.15) is 50.9 Å². The Morgan fingerprint density at radius 1 is 1.50 bits per heavy atom. The molecule has 12 heavy (non-hydrogen) atoms. The van der Waals surface area contributed by atoms with E-state index in [1.165, 1.54) is 0 Å². The van der Waals surface area contributed by atoms with Gasteiger partial charge in [0.05, 0.1) is 0 Å². The number of aliphatic hydroxyl groups excluding tert-OH is 1. The van der Waals surface area contributed by atoms with Gasteiger partial charge in [-0.1, -0.05) is 19.0 Å². The van der Waals surface area contributed by atoms with Gasteiger partial charge in [-0.2, -0.15) is 4.98 Å². The molecule has 1 unspecified atom stereocenters. The van der Waals surface area contributed by atoms with Crippen molar-refractivity contribution in [3.05, 3.63) is 11.7 Å². The lowest BCUT2D eigenvalue weighted by atomic mass is 10.1. The maximum atomic E-state index is 9.10. The average Bonchev–Trinajstić information content (AvgIpc) is 2.51. The third kappa shape index (κ3) is 1.82. The molecular formula is C8H14N2O2. The number of hydrogen-bond donors (Lipinski definition) is 1. The smallest absolute Gasteiger partial charge is 0.255 e. The van der Waals surface area contributed by atoms with Crippen molar-refractivity contribution in [1.82, 2.24) is 10.1 Å². The lowest BCUT2D eigenvalue weighted by Gasteiger charge is -1.98. The molecule has 0 fully saturated rings. The third-order valence-electron chi connectivity index (χ3n) is 1.87. The quantitative estimate of drug-likeness (QED) is 0.749. The molecule has 1 rings (SSSR count). The summed E-state index contributed by atoms with van der Waals surface area (Å²) in [6, 6.07) is 0. The molecule has 0 spiro atoms. The Bertz CT molecular complexity index is 245. The molecule has 0 aliphatic carbocycles. The van der Waals surface area contributed by atoms with E-state index in [4.69, 9.17) is 9.63 Å². The molecule has 0 aliphatic rings. The molecule has 4 nitrogen and oxygen atoms in total. The van der Waals surface area contributed by atoms with Crippen LogP contribution in [-0.4, -0.2) is 15.2 Å². The lowest BCUT2D eigenvalue weighted by molar-refractivity contribution is 0.151. The van der Waals surface area contributed by atoms with Crippen LogP contribution in [0, 0.1) is 0 Å². The second-order valence-electron chi connectivity index (χ2n) is 2.98. The monoisotopic (exact) mass is 170 g/mol. The van der Waals surface area contributed by atoms with Gasteiger partial charge in [0.1, 0.15) is 6.10 Å². The number of hydrogen-bond acceptors (Lipinski definition) is 4. The summed E-state index contributed by atoms with van der Waals surface area (Å²) in [5.41, 5.74) is 0. The van der Waals surface area contributed by atoms with E-state index in [1.54, 1.807) is 6.92 Å². The van der Waals surface area contributed by atoms with E-state index in [-0.39, 0.29) is 0 Å². The van der Waals surface area contributed by atoms with Crippen LogP contribution in [0.25, 0.3) is 0 Å². The molecule has 0 aliphatic heterocycles. The first kappa shape index (κ1) is 9.19. The van der Waals surface area contributed by atoms with E-state index in [0.717, 1.165) is 6.42 Å². The third-order valence-corrected chi connectivity index (χ3v) is 1.87. The van der Waals surface area contributed by atoms with Crippen LogP contribution < -0.4 is 0 Å². The van der Waals surface area contributed by atoms with Crippen LogP contribution in [0.15, 0.2) is 4.52 Å². The first-order valence-corrected chi connectivity index (χ1v) is 4.16. The Morgan fingerprint density at radius 2 is 2.17 bits per heavy atom. The van der Waals surface area contributed by atoms with E-state index in [0.29, 0.717) is 17.6 Å². The molecule has 1 aromatic rings. The van der Waals surface area contributed by atoms with Gasteiger partial charge in [-0.25, -0.2) is 0 Å². The van der Waals surface area contributed by atoms with Gasteiger partial charge in [-0.15, -0.1) is 0 Å². The fraction of sp³-hybridized carbons (Fsp3) is 0.750. The largest absolute Gasteiger partial charge is 0.384 e. The second-order valence-corrected chi connectivity index (χ2v) is 2.98. The fourth-order valence-corrected chi connectivity index (χ4v) is 0.800. The predicted molar refractivity (Wildman–Crippen MR) is 43.6 cm³/mol. The van der Waals surface area contributed by atoms with Crippen LogP contribution in [0.3, 0.4) is 0 Å². The maximum Gasteiger partial charge on any atom is 0.255 e. The molecule has 0 saturated carbocycles. The summed E-state index contributed by atoms with van der Waals surface area (Å²) in [6.07, 6.45) is 0.300. The summed E-state index contributed by atoms with van der Waals surface area (Å²) in [4.78, 5) is 4.05. The second kappa shape index (κ2) is 3.67. The number of aromatic nitrogens is 2. The van der Waals surface area contributed by atoms with Crippen molar-refractivity contribution in [3.8, 4) is 0 Å². The topological polar surface area (TPSA) is 59.2 Å². The number of aliphatic hydroxyl groups is 1. The normalized spacial score (nSPS) is 16.0. The minimum absolute atomic E-state index is 0.293. The summed E-state index contributed by atoms with van der Waals surface area (Å²) in [5.74, 6) is 1.26. The summed E-state index contributed by atoms with van der Waals surface area (Å²) in [6.45, 7) is 5.69. The fourth-order valence-electron chi connectivity index (χ4n) is 0.800. The zero-order valence-corrected chi connectivity index (χ0v) is 7.61. The molecule has 1 heterocycles. The Morgan fingerprint density at radius 3 is 2.58 bits per heavy atom. The minimum atomic E-state index is -0.671. The van der Waals surface area contributed by atoms with E-state index in [1.807, 2.05) is 6.92 Å². The van der Waals surface area contributed by atoms with Gasteiger partial charge in [0.25, 0.3) is 5.89 Å². The molecular weight excluding hydrogens is 156 g/mol. The number of rotatable bonds is 3. The zero-order valence-electron chi connectivity index (χ0n) is 7.61. The predicted octanol–water partition coefficient (Wildman–Crippen LogP) is 1.64. The van der Waals surface area contributed by atoms with E-state index in [9.17, 15) is 0 Å². The Kier molecular flexibility index (Phi) is 2.81. The minimum Gasteiger partial charge on any atom is -0.384 e. The van der Waals surface area contributed by atoms with Gasteiger partial charge in [0, 0.05) is 5.92 Å². The van der Waals surface area contributed by atoms with Crippen LogP contribution in [-0.2, 0) is 0 Å². The average molecular weight is 170 g/mol. The van der Waals surface area contributed by atoms with Crippen molar-refractivity contribution in [2.24, 2.45) is 0 Å². The highest BCUT2D eigenvalue weighted by Gasteiger charge is 2.14. The van der Waals surface area contributed by atoms with E-state index < -0.39 is 6.10 Å². The van der Waals surface area contributed by atoms with Crippen LogP contribution in [0.2, 0.25) is 0 Å². The lowest BCUT2D eigenvalue weighted by Crippen LogP contribution is -1.95. The summed E-state index contributed by atoms with van der Waals surface area (Å²) in [7, 11) is 0. The van der Waals surface area contributed by atoms with Crippen molar-refractivity contribution < 1.29 is 9.63 Å².